The van der Waals surface area contributed by atoms with Gasteiger partial charge in [0.1, 0.15) is 5.56 Å². The van der Waals surface area contributed by atoms with Crippen molar-refractivity contribution < 1.29 is 9.53 Å². The summed E-state index contributed by atoms with van der Waals surface area (Å²) in [5, 5.41) is 8.08. The Morgan fingerprint density at radius 1 is 1.29 bits per heavy atom. The van der Waals surface area contributed by atoms with Crippen molar-refractivity contribution in [1.29, 1.82) is 0 Å². The van der Waals surface area contributed by atoms with Crippen molar-refractivity contribution in [2.45, 2.75) is 40.7 Å². The van der Waals surface area contributed by atoms with Crippen molar-refractivity contribution in [1.82, 2.24) is 14.8 Å². The minimum Gasteiger partial charge on any atom is -0.462 e. The van der Waals surface area contributed by atoms with Crippen LogP contribution >= 0.6 is 0 Å². The summed E-state index contributed by atoms with van der Waals surface area (Å²) < 4.78 is 6.79. The average Bonchev–Trinajstić information content (AvgIpc) is 2.90. The molecule has 0 amide bonds. The van der Waals surface area contributed by atoms with Gasteiger partial charge in [-0.15, -0.1) is 0 Å². The lowest BCUT2D eigenvalue weighted by Gasteiger charge is -2.09. The standard InChI is InChI=1S/C12H16N4O2.C3H8/c1-4-16-11-8(7-15-16)10(13-3)9(6-14-11)12(17)18-5-2;1-3-2/h6-7H,4-5H2,1-3H3,(H,13,14);3H2,1-2H3. The number of carbonyl (C=O) groups is 1. The summed E-state index contributed by atoms with van der Waals surface area (Å²) in [5.74, 6) is -0.375. The summed E-state index contributed by atoms with van der Waals surface area (Å²) in [4.78, 5) is 16.1. The molecule has 2 heterocycles. The first-order valence-corrected chi connectivity index (χ1v) is 7.33. The molecule has 116 valence electrons. The van der Waals surface area contributed by atoms with Gasteiger partial charge in [0.05, 0.1) is 23.9 Å². The number of fused-ring (bicyclic) bond motifs is 1. The number of rotatable bonds is 4. The van der Waals surface area contributed by atoms with E-state index in [-0.39, 0.29) is 5.97 Å². The van der Waals surface area contributed by atoms with Gasteiger partial charge in [0.25, 0.3) is 0 Å². The number of aromatic nitrogens is 3. The van der Waals surface area contributed by atoms with Crippen LogP contribution in [0.2, 0.25) is 0 Å². The molecule has 0 saturated carbocycles. The van der Waals surface area contributed by atoms with Gasteiger partial charge in [-0.2, -0.15) is 5.10 Å². The molecule has 0 radical (unpaired) electrons. The van der Waals surface area contributed by atoms with Gasteiger partial charge in [0.15, 0.2) is 5.65 Å². The van der Waals surface area contributed by atoms with E-state index in [1.165, 1.54) is 12.6 Å². The molecule has 0 unspecified atom stereocenters. The van der Waals surface area contributed by atoms with Crippen LogP contribution in [0.1, 0.15) is 44.5 Å². The lowest BCUT2D eigenvalue weighted by molar-refractivity contribution is 0.0527. The Labute approximate surface area is 125 Å². The van der Waals surface area contributed by atoms with E-state index in [2.05, 4.69) is 29.2 Å². The number of esters is 1. The van der Waals surface area contributed by atoms with E-state index in [1.807, 2.05) is 6.92 Å². The maximum absolute atomic E-state index is 11.8. The van der Waals surface area contributed by atoms with Crippen LogP contribution in [0.4, 0.5) is 5.69 Å². The summed E-state index contributed by atoms with van der Waals surface area (Å²) in [5.41, 5.74) is 1.90. The fraction of sp³-hybridized carbons (Fsp3) is 0.533. The van der Waals surface area contributed by atoms with E-state index in [9.17, 15) is 4.79 Å². The second-order valence-corrected chi connectivity index (χ2v) is 4.42. The number of carbonyl (C=O) groups excluding carboxylic acids is 1. The van der Waals surface area contributed by atoms with Crippen molar-refractivity contribution in [3.05, 3.63) is 18.0 Å². The SMILES string of the molecule is CCC.CCOC(=O)c1cnc2c(cnn2CC)c1NC. The molecule has 2 aromatic heterocycles. The minimum atomic E-state index is -0.375. The van der Waals surface area contributed by atoms with Crippen LogP contribution in [0.15, 0.2) is 12.4 Å². The molecular formula is C15H24N4O2. The Kier molecular flexibility index (Phi) is 6.65. The number of nitrogens with one attached hydrogen (secondary N) is 1. The van der Waals surface area contributed by atoms with E-state index < -0.39 is 0 Å². The normalized spacial score (nSPS) is 9.95. The van der Waals surface area contributed by atoms with E-state index >= 15 is 0 Å². The second-order valence-electron chi connectivity index (χ2n) is 4.42. The number of anilines is 1. The smallest absolute Gasteiger partial charge is 0.341 e. The average molecular weight is 292 g/mol. The molecule has 0 aromatic carbocycles. The van der Waals surface area contributed by atoms with Crippen LogP contribution in [0, 0.1) is 0 Å². The maximum atomic E-state index is 11.8. The fourth-order valence-electron chi connectivity index (χ4n) is 1.89. The maximum Gasteiger partial charge on any atom is 0.341 e. The first-order chi connectivity index (χ1) is 10.1. The summed E-state index contributed by atoms with van der Waals surface area (Å²) in [7, 11) is 1.76. The molecule has 0 bridgehead atoms. The van der Waals surface area contributed by atoms with Crippen LogP contribution in [-0.4, -0.2) is 34.4 Å². The highest BCUT2D eigenvalue weighted by molar-refractivity contribution is 6.04. The highest BCUT2D eigenvalue weighted by atomic mass is 16.5. The summed E-state index contributed by atoms with van der Waals surface area (Å²) in [6, 6.07) is 0. The number of nitrogens with zero attached hydrogens (tertiary/aromatic N) is 3. The van der Waals surface area contributed by atoms with Crippen molar-refractivity contribution in [2.24, 2.45) is 0 Å². The lowest BCUT2D eigenvalue weighted by atomic mass is 10.2. The first kappa shape index (κ1) is 16.9. The molecule has 0 aliphatic carbocycles. The minimum absolute atomic E-state index is 0.342. The lowest BCUT2D eigenvalue weighted by Crippen LogP contribution is -2.09. The number of aryl methyl sites for hydroxylation is 1. The number of hydrogen-bond donors (Lipinski definition) is 1. The van der Waals surface area contributed by atoms with Gasteiger partial charge >= 0.3 is 5.97 Å². The Hall–Kier alpha value is -2.11. The Morgan fingerprint density at radius 3 is 2.48 bits per heavy atom. The van der Waals surface area contributed by atoms with Crippen molar-refractivity contribution in [2.75, 3.05) is 19.0 Å². The van der Waals surface area contributed by atoms with Crippen molar-refractivity contribution in [3.63, 3.8) is 0 Å². The third-order valence-corrected chi connectivity index (χ3v) is 2.71. The van der Waals surface area contributed by atoms with Gasteiger partial charge in [-0.05, 0) is 13.8 Å². The number of pyridine rings is 1. The molecule has 1 N–H and O–H groups in total. The molecule has 2 rings (SSSR count). The Morgan fingerprint density at radius 2 is 1.95 bits per heavy atom. The molecule has 0 fully saturated rings. The molecule has 6 heteroatoms. The van der Waals surface area contributed by atoms with Gasteiger partial charge in [-0.25, -0.2) is 14.5 Å². The second kappa shape index (κ2) is 8.24. The van der Waals surface area contributed by atoms with Gasteiger partial charge in [0.2, 0.25) is 0 Å². The van der Waals surface area contributed by atoms with Crippen LogP contribution in [-0.2, 0) is 11.3 Å². The van der Waals surface area contributed by atoms with Crippen molar-refractivity contribution in [3.8, 4) is 0 Å². The number of ether oxygens (including phenoxy) is 1. The molecule has 6 nitrogen and oxygen atoms in total. The zero-order valence-electron chi connectivity index (χ0n) is 13.4. The summed E-state index contributed by atoms with van der Waals surface area (Å²) in [6.07, 6.45) is 4.49. The predicted octanol–water partition coefficient (Wildman–Crippen LogP) is 3.09. The Balaban J connectivity index is 0.000000677. The molecular weight excluding hydrogens is 268 g/mol. The van der Waals surface area contributed by atoms with E-state index in [1.54, 1.807) is 24.9 Å². The van der Waals surface area contributed by atoms with Crippen LogP contribution in [0.5, 0.6) is 0 Å². The third-order valence-electron chi connectivity index (χ3n) is 2.71. The van der Waals surface area contributed by atoms with E-state index in [0.717, 1.165) is 17.6 Å². The number of hydrogen-bond acceptors (Lipinski definition) is 5. The molecule has 2 aromatic rings. The highest BCUT2D eigenvalue weighted by Gasteiger charge is 2.17. The third kappa shape index (κ3) is 3.71. The van der Waals surface area contributed by atoms with Crippen LogP contribution < -0.4 is 5.32 Å². The molecule has 21 heavy (non-hydrogen) atoms. The monoisotopic (exact) mass is 292 g/mol. The quantitative estimate of drug-likeness (QED) is 0.877. The van der Waals surface area contributed by atoms with Crippen molar-refractivity contribution >= 4 is 22.7 Å². The summed E-state index contributed by atoms with van der Waals surface area (Å²) >= 11 is 0. The first-order valence-electron chi connectivity index (χ1n) is 7.33. The zero-order valence-corrected chi connectivity index (χ0v) is 13.4. The van der Waals surface area contributed by atoms with Gasteiger partial charge < -0.3 is 10.1 Å². The summed E-state index contributed by atoms with van der Waals surface area (Å²) in [6.45, 7) is 9.09. The predicted molar refractivity (Wildman–Crippen MR) is 84.7 cm³/mol. The van der Waals surface area contributed by atoms with Gasteiger partial charge in [0, 0.05) is 19.8 Å². The molecule has 0 saturated heterocycles. The highest BCUT2D eigenvalue weighted by Crippen LogP contribution is 2.25. The molecule has 0 atom stereocenters. The molecule has 0 spiro atoms. The topological polar surface area (TPSA) is 69.0 Å². The van der Waals surface area contributed by atoms with E-state index in [0.29, 0.717) is 17.9 Å². The Bertz CT molecular complexity index is 593. The zero-order chi connectivity index (χ0) is 15.8. The van der Waals surface area contributed by atoms with E-state index in [4.69, 9.17) is 4.74 Å². The largest absolute Gasteiger partial charge is 0.462 e. The fourth-order valence-corrected chi connectivity index (χ4v) is 1.89. The van der Waals surface area contributed by atoms with Gasteiger partial charge in [-0.3, -0.25) is 0 Å². The van der Waals surface area contributed by atoms with Gasteiger partial charge in [-0.1, -0.05) is 20.3 Å². The molecule has 0 aliphatic rings. The van der Waals surface area contributed by atoms with Crippen LogP contribution in [0.3, 0.4) is 0 Å². The van der Waals surface area contributed by atoms with Crippen LogP contribution in [0.25, 0.3) is 11.0 Å². The molecule has 0 aliphatic heterocycles.